The van der Waals surface area contributed by atoms with Gasteiger partial charge in [-0.1, -0.05) is 11.2 Å². The molecular weight excluding hydrogens is 216 g/mol. The number of aryl methyl sites for hydroxylation is 1. The highest BCUT2D eigenvalue weighted by Gasteiger charge is 2.14. The number of hydrogen-bond donors (Lipinski definition) is 2. The number of nitrogens with zero attached hydrogens (tertiary/aromatic N) is 3. The van der Waals surface area contributed by atoms with E-state index in [0.717, 1.165) is 11.4 Å². The van der Waals surface area contributed by atoms with Gasteiger partial charge in [-0.15, -0.1) is 0 Å². The highest BCUT2D eigenvalue weighted by Crippen LogP contribution is 2.18. The third-order valence-electron chi connectivity index (χ3n) is 2.61. The third kappa shape index (κ3) is 3.62. The molecule has 1 aromatic heterocycles. The molecular formula is C12H20N4O. The summed E-state index contributed by atoms with van der Waals surface area (Å²) >= 11 is 0. The number of hydrogen-bond acceptors (Lipinski definition) is 4. The van der Waals surface area contributed by atoms with Gasteiger partial charge in [-0.3, -0.25) is 0 Å². The van der Waals surface area contributed by atoms with E-state index in [2.05, 4.69) is 28.9 Å². The Morgan fingerprint density at radius 1 is 1.59 bits per heavy atom. The lowest BCUT2D eigenvalue weighted by molar-refractivity contribution is 0.317. The molecule has 0 aromatic carbocycles. The van der Waals surface area contributed by atoms with Crippen LogP contribution in [0.5, 0.6) is 0 Å². The first-order valence-electron chi connectivity index (χ1n) is 5.71. The van der Waals surface area contributed by atoms with Gasteiger partial charge in [-0.25, -0.2) is 4.98 Å². The normalized spacial score (nSPS) is 11.9. The Morgan fingerprint density at radius 3 is 2.82 bits per heavy atom. The number of aromatic nitrogens is 1. The van der Waals surface area contributed by atoms with E-state index in [1.807, 2.05) is 19.1 Å². The molecule has 0 aliphatic rings. The van der Waals surface area contributed by atoms with E-state index >= 15 is 0 Å². The van der Waals surface area contributed by atoms with E-state index in [9.17, 15) is 0 Å². The number of pyridine rings is 1. The maximum absolute atomic E-state index is 8.54. The molecule has 1 heterocycles. The topological polar surface area (TPSA) is 74.7 Å². The molecule has 0 aliphatic heterocycles. The molecule has 0 spiro atoms. The minimum atomic E-state index is 0.240. The monoisotopic (exact) mass is 236 g/mol. The molecule has 1 rings (SSSR count). The Morgan fingerprint density at radius 2 is 2.29 bits per heavy atom. The van der Waals surface area contributed by atoms with Crippen molar-refractivity contribution in [2.24, 2.45) is 10.9 Å². The fourth-order valence-electron chi connectivity index (χ4n) is 1.67. The molecule has 3 N–H and O–H groups in total. The van der Waals surface area contributed by atoms with Gasteiger partial charge in [0.25, 0.3) is 0 Å². The van der Waals surface area contributed by atoms with Gasteiger partial charge in [0, 0.05) is 25.2 Å². The van der Waals surface area contributed by atoms with Crippen LogP contribution in [0.15, 0.2) is 23.5 Å². The molecule has 0 amide bonds. The molecule has 0 unspecified atom stereocenters. The summed E-state index contributed by atoms with van der Waals surface area (Å²) < 4.78 is 0. The largest absolute Gasteiger partial charge is 0.409 e. The van der Waals surface area contributed by atoms with Crippen LogP contribution in [-0.4, -0.2) is 28.6 Å². The van der Waals surface area contributed by atoms with E-state index in [4.69, 9.17) is 10.9 Å². The second kappa shape index (κ2) is 6.08. The maximum atomic E-state index is 8.54. The summed E-state index contributed by atoms with van der Waals surface area (Å²) in [6.07, 6.45) is 2.30. The quantitative estimate of drug-likeness (QED) is 0.353. The van der Waals surface area contributed by atoms with Crippen molar-refractivity contribution in [3.8, 4) is 0 Å². The zero-order valence-corrected chi connectivity index (χ0v) is 10.6. The van der Waals surface area contributed by atoms with Gasteiger partial charge in [0.1, 0.15) is 11.7 Å². The van der Waals surface area contributed by atoms with Gasteiger partial charge >= 0.3 is 0 Å². The molecule has 0 atom stereocenters. The third-order valence-corrected chi connectivity index (χ3v) is 2.61. The van der Waals surface area contributed by atoms with Gasteiger partial charge < -0.3 is 15.8 Å². The average Bonchev–Trinajstić information content (AvgIpc) is 2.30. The highest BCUT2D eigenvalue weighted by atomic mass is 16.4. The number of amidine groups is 1. The SMILES string of the molecule is Cc1cccnc1N(CCC(N)=NO)C(C)C. The first kappa shape index (κ1) is 13.3. The van der Waals surface area contributed by atoms with Crippen LogP contribution in [0.25, 0.3) is 0 Å². The smallest absolute Gasteiger partial charge is 0.140 e. The Balaban J connectivity index is 2.83. The van der Waals surface area contributed by atoms with Crippen molar-refractivity contribution < 1.29 is 5.21 Å². The van der Waals surface area contributed by atoms with Crippen molar-refractivity contribution in [1.29, 1.82) is 0 Å². The minimum Gasteiger partial charge on any atom is -0.409 e. The standard InChI is InChI=1S/C12H20N4O/c1-9(2)16(8-6-11(13)15-17)12-10(3)5-4-7-14-12/h4-5,7,9,17H,6,8H2,1-3H3,(H2,13,15). The van der Waals surface area contributed by atoms with E-state index in [0.29, 0.717) is 19.0 Å². The molecule has 0 fully saturated rings. The summed E-state index contributed by atoms with van der Waals surface area (Å²) in [4.78, 5) is 6.53. The molecule has 0 radical (unpaired) electrons. The van der Waals surface area contributed by atoms with Crippen molar-refractivity contribution in [2.75, 3.05) is 11.4 Å². The molecule has 0 saturated carbocycles. The summed E-state index contributed by atoms with van der Waals surface area (Å²) in [5.74, 6) is 1.19. The number of anilines is 1. The lowest BCUT2D eigenvalue weighted by Gasteiger charge is -2.28. The van der Waals surface area contributed by atoms with Crippen molar-refractivity contribution in [3.05, 3.63) is 23.9 Å². The highest BCUT2D eigenvalue weighted by molar-refractivity contribution is 5.80. The van der Waals surface area contributed by atoms with Crippen molar-refractivity contribution in [1.82, 2.24) is 4.98 Å². The van der Waals surface area contributed by atoms with E-state index < -0.39 is 0 Å². The lowest BCUT2D eigenvalue weighted by atomic mass is 10.2. The second-order valence-corrected chi connectivity index (χ2v) is 4.27. The molecule has 5 nitrogen and oxygen atoms in total. The summed E-state index contributed by atoms with van der Waals surface area (Å²) in [5.41, 5.74) is 6.62. The fourth-order valence-corrected chi connectivity index (χ4v) is 1.67. The summed E-state index contributed by atoms with van der Waals surface area (Å²) in [7, 11) is 0. The first-order valence-corrected chi connectivity index (χ1v) is 5.71. The van der Waals surface area contributed by atoms with Crippen LogP contribution < -0.4 is 10.6 Å². The van der Waals surface area contributed by atoms with Crippen LogP contribution in [0.3, 0.4) is 0 Å². The Kier molecular flexibility index (Phi) is 4.75. The number of rotatable bonds is 5. The Bertz CT molecular complexity index is 390. The van der Waals surface area contributed by atoms with Gasteiger partial charge in [-0.05, 0) is 32.4 Å². The Labute approximate surface area is 102 Å². The van der Waals surface area contributed by atoms with Crippen LogP contribution in [0, 0.1) is 6.92 Å². The molecule has 0 bridgehead atoms. The zero-order valence-electron chi connectivity index (χ0n) is 10.6. The van der Waals surface area contributed by atoms with Crippen LogP contribution in [0.4, 0.5) is 5.82 Å². The number of oxime groups is 1. The van der Waals surface area contributed by atoms with Gasteiger partial charge in [0.05, 0.1) is 0 Å². The Hall–Kier alpha value is -1.78. The van der Waals surface area contributed by atoms with E-state index in [-0.39, 0.29) is 5.84 Å². The molecule has 0 aliphatic carbocycles. The van der Waals surface area contributed by atoms with Crippen molar-refractivity contribution in [3.63, 3.8) is 0 Å². The molecule has 5 heteroatoms. The van der Waals surface area contributed by atoms with Gasteiger partial charge in [0.2, 0.25) is 0 Å². The molecule has 17 heavy (non-hydrogen) atoms. The van der Waals surface area contributed by atoms with E-state index in [1.54, 1.807) is 6.20 Å². The molecule has 0 saturated heterocycles. The summed E-state index contributed by atoms with van der Waals surface area (Å²) in [5, 5.41) is 11.5. The van der Waals surface area contributed by atoms with Crippen molar-refractivity contribution >= 4 is 11.7 Å². The van der Waals surface area contributed by atoms with Crippen LogP contribution in [0.2, 0.25) is 0 Å². The van der Waals surface area contributed by atoms with Gasteiger partial charge in [-0.2, -0.15) is 0 Å². The maximum Gasteiger partial charge on any atom is 0.140 e. The summed E-state index contributed by atoms with van der Waals surface area (Å²) in [6, 6.07) is 4.26. The van der Waals surface area contributed by atoms with Crippen LogP contribution in [-0.2, 0) is 0 Å². The fraction of sp³-hybridized carbons (Fsp3) is 0.500. The van der Waals surface area contributed by atoms with Gasteiger partial charge in [0.15, 0.2) is 0 Å². The van der Waals surface area contributed by atoms with Crippen LogP contribution >= 0.6 is 0 Å². The average molecular weight is 236 g/mol. The van der Waals surface area contributed by atoms with E-state index in [1.165, 1.54) is 0 Å². The second-order valence-electron chi connectivity index (χ2n) is 4.27. The summed E-state index contributed by atoms with van der Waals surface area (Å²) in [6.45, 7) is 6.91. The molecule has 94 valence electrons. The van der Waals surface area contributed by atoms with Crippen LogP contribution in [0.1, 0.15) is 25.8 Å². The zero-order chi connectivity index (χ0) is 12.8. The number of nitrogens with two attached hydrogens (primary N) is 1. The predicted molar refractivity (Wildman–Crippen MR) is 69.5 cm³/mol. The van der Waals surface area contributed by atoms with Crippen molar-refractivity contribution in [2.45, 2.75) is 33.2 Å². The minimum absolute atomic E-state index is 0.240. The predicted octanol–water partition coefficient (Wildman–Crippen LogP) is 1.74. The lowest BCUT2D eigenvalue weighted by Crippen LogP contribution is -2.35. The molecule has 1 aromatic rings. The first-order chi connectivity index (χ1) is 8.06.